The van der Waals surface area contributed by atoms with Crippen LogP contribution in [0.1, 0.15) is 12.0 Å². The van der Waals surface area contributed by atoms with Gasteiger partial charge in [0, 0.05) is 19.6 Å². The maximum Gasteiger partial charge on any atom is 0.410 e. The Kier molecular flexibility index (Phi) is 3.49. The van der Waals surface area contributed by atoms with Gasteiger partial charge in [0.15, 0.2) is 0 Å². The highest BCUT2D eigenvalue weighted by Crippen LogP contribution is 2.18. The molecular weight excluding hydrogens is 222 g/mol. The quantitative estimate of drug-likeness (QED) is 0.822. The molecule has 1 aliphatic rings. The van der Waals surface area contributed by atoms with Crippen molar-refractivity contribution < 1.29 is 19.7 Å². The minimum atomic E-state index is -0.369. The van der Waals surface area contributed by atoms with Crippen molar-refractivity contribution in [2.75, 3.05) is 13.2 Å². The molecule has 92 valence electrons. The third-order valence-corrected chi connectivity index (χ3v) is 2.68. The van der Waals surface area contributed by atoms with Gasteiger partial charge in [0.05, 0.1) is 6.54 Å². The number of aliphatic hydroxyl groups is 1. The maximum absolute atomic E-state index is 11.5. The number of carbonyl (C=O) groups is 1. The molecule has 1 aromatic rings. The molecular formula is C12H15NO4. The monoisotopic (exact) mass is 237 g/mol. The second-order valence-electron chi connectivity index (χ2n) is 4.07. The lowest BCUT2D eigenvalue weighted by Gasteiger charge is -2.12. The van der Waals surface area contributed by atoms with E-state index in [4.69, 9.17) is 9.84 Å². The fourth-order valence-electron chi connectivity index (χ4n) is 1.87. The number of nitrogens with zero attached hydrogens (tertiary/aromatic N) is 1. The van der Waals surface area contributed by atoms with Crippen LogP contribution in [-0.2, 0) is 11.3 Å². The predicted molar refractivity (Wildman–Crippen MR) is 60.5 cm³/mol. The van der Waals surface area contributed by atoms with Crippen LogP contribution in [0.5, 0.6) is 5.75 Å². The Morgan fingerprint density at radius 1 is 1.47 bits per heavy atom. The van der Waals surface area contributed by atoms with Crippen molar-refractivity contribution in [3.63, 3.8) is 0 Å². The SMILES string of the molecule is O=C1OC(CCO)CN1Cc1cccc(O)c1. The number of ether oxygens (including phenoxy) is 1. The molecule has 0 aliphatic carbocycles. The molecule has 0 spiro atoms. The van der Waals surface area contributed by atoms with E-state index in [9.17, 15) is 9.90 Å². The van der Waals surface area contributed by atoms with E-state index in [1.165, 1.54) is 0 Å². The third-order valence-electron chi connectivity index (χ3n) is 2.68. The Hall–Kier alpha value is -1.75. The second-order valence-corrected chi connectivity index (χ2v) is 4.07. The fraction of sp³-hybridized carbons (Fsp3) is 0.417. The number of amides is 1. The number of hydrogen-bond acceptors (Lipinski definition) is 4. The number of rotatable bonds is 4. The van der Waals surface area contributed by atoms with E-state index in [1.54, 1.807) is 23.1 Å². The molecule has 1 aliphatic heterocycles. The molecule has 1 heterocycles. The van der Waals surface area contributed by atoms with Gasteiger partial charge in [-0.25, -0.2) is 4.79 Å². The number of cyclic esters (lactones) is 1. The summed E-state index contributed by atoms with van der Waals surface area (Å²) in [6.07, 6.45) is -0.140. The zero-order valence-corrected chi connectivity index (χ0v) is 9.37. The van der Waals surface area contributed by atoms with Gasteiger partial charge in [-0.1, -0.05) is 12.1 Å². The highest BCUT2D eigenvalue weighted by Gasteiger charge is 2.30. The van der Waals surface area contributed by atoms with Crippen LogP contribution >= 0.6 is 0 Å². The summed E-state index contributed by atoms with van der Waals surface area (Å²) in [5.41, 5.74) is 0.853. The summed E-state index contributed by atoms with van der Waals surface area (Å²) < 4.78 is 5.08. The number of hydrogen-bond donors (Lipinski definition) is 2. The number of aliphatic hydroxyl groups excluding tert-OH is 1. The van der Waals surface area contributed by atoms with Gasteiger partial charge in [-0.15, -0.1) is 0 Å². The number of carbonyl (C=O) groups excluding carboxylic acids is 1. The second kappa shape index (κ2) is 5.05. The van der Waals surface area contributed by atoms with Gasteiger partial charge in [-0.05, 0) is 17.7 Å². The Morgan fingerprint density at radius 2 is 2.29 bits per heavy atom. The minimum Gasteiger partial charge on any atom is -0.508 e. The summed E-state index contributed by atoms with van der Waals surface area (Å²) >= 11 is 0. The Bertz CT molecular complexity index is 407. The molecule has 0 saturated carbocycles. The first-order chi connectivity index (χ1) is 8.19. The van der Waals surface area contributed by atoms with E-state index in [2.05, 4.69) is 0 Å². The summed E-state index contributed by atoms with van der Waals surface area (Å²) in [6, 6.07) is 6.77. The van der Waals surface area contributed by atoms with Crippen LogP contribution in [0.2, 0.25) is 0 Å². The summed E-state index contributed by atoms with van der Waals surface area (Å²) in [5, 5.41) is 18.1. The molecule has 0 bridgehead atoms. The van der Waals surface area contributed by atoms with Gasteiger partial charge in [-0.2, -0.15) is 0 Å². The highest BCUT2D eigenvalue weighted by molar-refractivity contribution is 5.69. The Morgan fingerprint density at radius 3 is 3.00 bits per heavy atom. The van der Waals surface area contributed by atoms with Gasteiger partial charge < -0.3 is 19.8 Å². The molecule has 5 heteroatoms. The van der Waals surface area contributed by atoms with Crippen molar-refractivity contribution in [1.29, 1.82) is 0 Å². The smallest absolute Gasteiger partial charge is 0.410 e. The van der Waals surface area contributed by atoms with Crippen molar-refractivity contribution >= 4 is 6.09 Å². The average Bonchev–Trinajstić information content (AvgIpc) is 2.60. The maximum atomic E-state index is 11.5. The molecule has 0 aromatic heterocycles. The van der Waals surface area contributed by atoms with Crippen molar-refractivity contribution in [2.24, 2.45) is 0 Å². The molecule has 2 rings (SSSR count). The van der Waals surface area contributed by atoms with Gasteiger partial charge in [0.1, 0.15) is 11.9 Å². The predicted octanol–water partition coefficient (Wildman–Crippen LogP) is 1.10. The minimum absolute atomic E-state index is 0.0118. The number of benzene rings is 1. The molecule has 17 heavy (non-hydrogen) atoms. The molecule has 1 saturated heterocycles. The van der Waals surface area contributed by atoms with Crippen LogP contribution < -0.4 is 0 Å². The van der Waals surface area contributed by atoms with E-state index in [0.717, 1.165) is 5.56 Å². The lowest BCUT2D eigenvalue weighted by Crippen LogP contribution is -2.24. The standard InChI is InChI=1S/C12H15NO4/c14-5-4-11-8-13(12(16)17-11)7-9-2-1-3-10(15)6-9/h1-3,6,11,14-15H,4-5,7-8H2. The third kappa shape index (κ3) is 2.88. The van der Waals surface area contributed by atoms with Crippen LogP contribution in [0.4, 0.5) is 4.79 Å². The Balaban J connectivity index is 1.98. The lowest BCUT2D eigenvalue weighted by molar-refractivity contribution is 0.117. The molecule has 5 nitrogen and oxygen atoms in total. The molecule has 1 atom stereocenters. The van der Waals surface area contributed by atoms with E-state index in [-0.39, 0.29) is 24.6 Å². The van der Waals surface area contributed by atoms with Gasteiger partial charge in [0.2, 0.25) is 0 Å². The molecule has 2 N–H and O–H groups in total. The first-order valence-corrected chi connectivity index (χ1v) is 5.53. The van der Waals surface area contributed by atoms with Crippen molar-refractivity contribution in [3.05, 3.63) is 29.8 Å². The van der Waals surface area contributed by atoms with Crippen LogP contribution in [-0.4, -0.2) is 40.5 Å². The first-order valence-electron chi connectivity index (χ1n) is 5.53. The van der Waals surface area contributed by atoms with Crippen molar-refractivity contribution in [1.82, 2.24) is 4.90 Å². The topological polar surface area (TPSA) is 70.0 Å². The molecule has 1 fully saturated rings. The van der Waals surface area contributed by atoms with E-state index < -0.39 is 0 Å². The molecule has 1 aromatic carbocycles. The van der Waals surface area contributed by atoms with Gasteiger partial charge in [0.25, 0.3) is 0 Å². The van der Waals surface area contributed by atoms with Gasteiger partial charge >= 0.3 is 6.09 Å². The molecule has 1 unspecified atom stereocenters. The summed E-state index contributed by atoms with van der Waals surface area (Å²) in [6.45, 7) is 0.905. The van der Waals surface area contributed by atoms with Crippen LogP contribution in [0.15, 0.2) is 24.3 Å². The zero-order valence-electron chi connectivity index (χ0n) is 9.37. The largest absolute Gasteiger partial charge is 0.508 e. The lowest BCUT2D eigenvalue weighted by atomic mass is 10.2. The Labute approximate surface area is 99.2 Å². The number of phenols is 1. The summed E-state index contributed by atoms with van der Waals surface area (Å²) in [7, 11) is 0. The first kappa shape index (κ1) is 11.7. The fourth-order valence-corrected chi connectivity index (χ4v) is 1.87. The zero-order chi connectivity index (χ0) is 12.3. The highest BCUT2D eigenvalue weighted by atomic mass is 16.6. The van der Waals surface area contributed by atoms with E-state index in [1.807, 2.05) is 6.07 Å². The van der Waals surface area contributed by atoms with Gasteiger partial charge in [-0.3, -0.25) is 0 Å². The number of phenolic OH excluding ortho intramolecular Hbond substituents is 1. The molecule has 1 amide bonds. The molecule has 0 radical (unpaired) electrons. The van der Waals surface area contributed by atoms with Crippen molar-refractivity contribution in [2.45, 2.75) is 19.1 Å². The average molecular weight is 237 g/mol. The summed E-state index contributed by atoms with van der Waals surface area (Å²) in [5.74, 6) is 0.182. The number of aromatic hydroxyl groups is 1. The normalized spacial score (nSPS) is 19.5. The van der Waals surface area contributed by atoms with Crippen LogP contribution in [0.3, 0.4) is 0 Å². The van der Waals surface area contributed by atoms with Crippen LogP contribution in [0.25, 0.3) is 0 Å². The van der Waals surface area contributed by atoms with Crippen molar-refractivity contribution in [3.8, 4) is 5.75 Å². The van der Waals surface area contributed by atoms with E-state index in [0.29, 0.717) is 19.5 Å². The van der Waals surface area contributed by atoms with Crippen LogP contribution in [0, 0.1) is 0 Å². The summed E-state index contributed by atoms with van der Waals surface area (Å²) in [4.78, 5) is 13.1. The van der Waals surface area contributed by atoms with E-state index >= 15 is 0 Å².